The molecule has 3 aromatic rings. The quantitative estimate of drug-likeness (QED) is 0.673. The van der Waals surface area contributed by atoms with Crippen molar-refractivity contribution in [2.24, 2.45) is 0 Å². The van der Waals surface area contributed by atoms with Gasteiger partial charge in [0.05, 0.1) is 16.8 Å². The highest BCUT2D eigenvalue weighted by atomic mass is 32.2. The van der Waals surface area contributed by atoms with E-state index in [2.05, 4.69) is 28.0 Å². The fraction of sp³-hybridized carbons (Fsp3) is 0.150. The summed E-state index contributed by atoms with van der Waals surface area (Å²) in [6, 6.07) is 18.2. The number of hydrogen-bond donors (Lipinski definition) is 2. The summed E-state index contributed by atoms with van der Waals surface area (Å²) >= 11 is 0. The first-order valence-corrected chi connectivity index (χ1v) is 9.87. The number of aromatic nitrogens is 1. The van der Waals surface area contributed by atoms with E-state index in [1.54, 1.807) is 36.4 Å². The molecule has 0 aliphatic carbocycles. The standard InChI is InChI=1S/C20H21N3O2S/c1-3-16-6-4-5-7-19(16)22-20-13-10-17(14-21-20)23-26(24,25)18-11-8-15(2)9-12-18/h4-14,23H,3H2,1-2H3,(H,21,22). The first-order chi connectivity index (χ1) is 12.5. The van der Waals surface area contributed by atoms with Gasteiger partial charge in [-0.15, -0.1) is 0 Å². The minimum atomic E-state index is -3.62. The Morgan fingerprint density at radius 1 is 0.962 bits per heavy atom. The first kappa shape index (κ1) is 17.9. The third kappa shape index (κ3) is 4.21. The zero-order valence-corrected chi connectivity index (χ0v) is 15.5. The highest BCUT2D eigenvalue weighted by Gasteiger charge is 2.14. The van der Waals surface area contributed by atoms with Crippen LogP contribution in [0.1, 0.15) is 18.1 Å². The van der Waals surface area contributed by atoms with Crippen LogP contribution in [-0.4, -0.2) is 13.4 Å². The van der Waals surface area contributed by atoms with Gasteiger partial charge in [-0.05, 0) is 49.2 Å². The maximum atomic E-state index is 12.4. The largest absolute Gasteiger partial charge is 0.340 e. The molecule has 2 N–H and O–H groups in total. The smallest absolute Gasteiger partial charge is 0.261 e. The molecule has 134 valence electrons. The van der Waals surface area contributed by atoms with Crippen LogP contribution < -0.4 is 10.0 Å². The van der Waals surface area contributed by atoms with Gasteiger partial charge in [-0.1, -0.05) is 42.8 Å². The van der Waals surface area contributed by atoms with Gasteiger partial charge in [0.15, 0.2) is 0 Å². The Labute approximate surface area is 154 Å². The highest BCUT2D eigenvalue weighted by molar-refractivity contribution is 7.92. The SMILES string of the molecule is CCc1ccccc1Nc1ccc(NS(=O)(=O)c2ccc(C)cc2)cn1. The Kier molecular flexibility index (Phi) is 5.23. The predicted molar refractivity (Wildman–Crippen MR) is 105 cm³/mol. The van der Waals surface area contributed by atoms with Crippen LogP contribution in [0.2, 0.25) is 0 Å². The number of nitrogens with one attached hydrogen (secondary N) is 2. The van der Waals surface area contributed by atoms with Crippen molar-refractivity contribution in [3.8, 4) is 0 Å². The molecule has 0 spiro atoms. The summed E-state index contributed by atoms with van der Waals surface area (Å²) in [5.74, 6) is 0.657. The molecule has 0 saturated heterocycles. The van der Waals surface area contributed by atoms with Gasteiger partial charge in [0.25, 0.3) is 10.0 Å². The molecular weight excluding hydrogens is 346 g/mol. The average Bonchev–Trinajstić information content (AvgIpc) is 2.64. The summed E-state index contributed by atoms with van der Waals surface area (Å²) in [4.78, 5) is 4.53. The molecular formula is C20H21N3O2S. The van der Waals surface area contributed by atoms with Crippen molar-refractivity contribution >= 4 is 27.2 Å². The van der Waals surface area contributed by atoms with Crippen molar-refractivity contribution in [3.05, 3.63) is 78.0 Å². The van der Waals surface area contributed by atoms with E-state index in [9.17, 15) is 8.42 Å². The number of aryl methyl sites for hydroxylation is 2. The number of para-hydroxylation sites is 1. The number of hydrogen-bond acceptors (Lipinski definition) is 4. The molecule has 0 bridgehead atoms. The molecule has 0 aliphatic rings. The molecule has 0 amide bonds. The molecule has 6 heteroatoms. The second kappa shape index (κ2) is 7.58. The van der Waals surface area contributed by atoms with Gasteiger partial charge in [-0.3, -0.25) is 4.72 Å². The van der Waals surface area contributed by atoms with Gasteiger partial charge in [0.2, 0.25) is 0 Å². The van der Waals surface area contributed by atoms with Gasteiger partial charge in [0, 0.05) is 5.69 Å². The van der Waals surface area contributed by atoms with Gasteiger partial charge in [-0.2, -0.15) is 0 Å². The molecule has 26 heavy (non-hydrogen) atoms. The topological polar surface area (TPSA) is 71.1 Å². The summed E-state index contributed by atoms with van der Waals surface area (Å²) < 4.78 is 27.4. The van der Waals surface area contributed by atoms with Crippen molar-refractivity contribution in [2.75, 3.05) is 10.0 Å². The molecule has 0 atom stereocenters. The fourth-order valence-electron chi connectivity index (χ4n) is 2.55. The summed E-state index contributed by atoms with van der Waals surface area (Å²) in [6.45, 7) is 4.01. The Morgan fingerprint density at radius 3 is 2.35 bits per heavy atom. The van der Waals surface area contributed by atoms with Crippen molar-refractivity contribution in [1.82, 2.24) is 4.98 Å². The minimum absolute atomic E-state index is 0.224. The van der Waals surface area contributed by atoms with Crippen LogP contribution in [0, 0.1) is 6.92 Å². The molecule has 2 aromatic carbocycles. The molecule has 1 aromatic heterocycles. The number of anilines is 3. The van der Waals surface area contributed by atoms with Crippen molar-refractivity contribution in [2.45, 2.75) is 25.2 Å². The zero-order valence-electron chi connectivity index (χ0n) is 14.7. The first-order valence-electron chi connectivity index (χ1n) is 8.38. The zero-order chi connectivity index (χ0) is 18.6. The Hall–Kier alpha value is -2.86. The molecule has 0 saturated carbocycles. The van der Waals surface area contributed by atoms with Crippen LogP contribution in [-0.2, 0) is 16.4 Å². The minimum Gasteiger partial charge on any atom is -0.340 e. The monoisotopic (exact) mass is 367 g/mol. The van der Waals surface area contributed by atoms with E-state index in [1.807, 2.05) is 25.1 Å². The van der Waals surface area contributed by atoms with Crippen molar-refractivity contribution in [1.29, 1.82) is 0 Å². The summed E-state index contributed by atoms with van der Waals surface area (Å²) in [5, 5.41) is 3.26. The number of nitrogens with zero attached hydrogens (tertiary/aromatic N) is 1. The van der Waals surface area contributed by atoms with Crippen LogP contribution in [0.4, 0.5) is 17.2 Å². The van der Waals surface area contributed by atoms with Crippen LogP contribution in [0.15, 0.2) is 71.8 Å². The number of rotatable bonds is 6. The van der Waals surface area contributed by atoms with Crippen molar-refractivity contribution < 1.29 is 8.42 Å². The van der Waals surface area contributed by atoms with Crippen molar-refractivity contribution in [3.63, 3.8) is 0 Å². The second-order valence-corrected chi connectivity index (χ2v) is 7.67. The lowest BCUT2D eigenvalue weighted by Crippen LogP contribution is -2.13. The van der Waals surface area contributed by atoms with Gasteiger partial charge in [-0.25, -0.2) is 13.4 Å². The fourth-order valence-corrected chi connectivity index (χ4v) is 3.59. The molecule has 0 radical (unpaired) electrons. The molecule has 0 fully saturated rings. The maximum absolute atomic E-state index is 12.4. The Morgan fingerprint density at radius 2 is 1.69 bits per heavy atom. The number of sulfonamides is 1. The van der Waals surface area contributed by atoms with E-state index in [-0.39, 0.29) is 4.90 Å². The number of benzene rings is 2. The van der Waals surface area contributed by atoms with E-state index < -0.39 is 10.0 Å². The van der Waals surface area contributed by atoms with E-state index in [4.69, 9.17) is 0 Å². The second-order valence-electron chi connectivity index (χ2n) is 5.99. The van der Waals surface area contributed by atoms with E-state index in [1.165, 1.54) is 11.8 Å². The Balaban J connectivity index is 1.74. The van der Waals surface area contributed by atoms with Gasteiger partial charge in [0.1, 0.15) is 5.82 Å². The van der Waals surface area contributed by atoms with Crippen LogP contribution >= 0.6 is 0 Å². The highest BCUT2D eigenvalue weighted by Crippen LogP contribution is 2.22. The number of pyridine rings is 1. The third-order valence-corrected chi connectivity index (χ3v) is 5.41. The normalized spacial score (nSPS) is 11.2. The van der Waals surface area contributed by atoms with Gasteiger partial charge < -0.3 is 5.32 Å². The molecule has 1 heterocycles. The maximum Gasteiger partial charge on any atom is 0.261 e. The van der Waals surface area contributed by atoms with E-state index in [0.717, 1.165) is 17.7 Å². The molecule has 3 rings (SSSR count). The average molecular weight is 367 g/mol. The lowest BCUT2D eigenvalue weighted by atomic mass is 10.1. The van der Waals surface area contributed by atoms with E-state index >= 15 is 0 Å². The lowest BCUT2D eigenvalue weighted by Gasteiger charge is -2.11. The molecule has 5 nitrogen and oxygen atoms in total. The summed E-state index contributed by atoms with van der Waals surface area (Å²) in [5.41, 5.74) is 3.61. The van der Waals surface area contributed by atoms with Crippen LogP contribution in [0.5, 0.6) is 0 Å². The van der Waals surface area contributed by atoms with Crippen LogP contribution in [0.3, 0.4) is 0 Å². The summed E-state index contributed by atoms with van der Waals surface area (Å²) in [6.07, 6.45) is 2.42. The third-order valence-electron chi connectivity index (χ3n) is 4.01. The van der Waals surface area contributed by atoms with Gasteiger partial charge >= 0.3 is 0 Å². The van der Waals surface area contributed by atoms with E-state index in [0.29, 0.717) is 11.5 Å². The summed E-state index contributed by atoms with van der Waals surface area (Å²) in [7, 11) is -3.62. The predicted octanol–water partition coefficient (Wildman–Crippen LogP) is 4.50. The lowest BCUT2D eigenvalue weighted by molar-refractivity contribution is 0.601. The van der Waals surface area contributed by atoms with Crippen LogP contribution in [0.25, 0.3) is 0 Å². The molecule has 0 unspecified atom stereocenters. The molecule has 0 aliphatic heterocycles. The Bertz CT molecular complexity index is 982.